The van der Waals surface area contributed by atoms with Gasteiger partial charge in [0.1, 0.15) is 10.7 Å². The average molecular weight is 461 g/mol. The van der Waals surface area contributed by atoms with Crippen molar-refractivity contribution < 1.29 is 40.7 Å². The van der Waals surface area contributed by atoms with Crippen molar-refractivity contribution in [3.8, 4) is 0 Å². The Balaban J connectivity index is 1.84. The first-order chi connectivity index (χ1) is 14.5. The van der Waals surface area contributed by atoms with Gasteiger partial charge in [-0.15, -0.1) is 0 Å². The van der Waals surface area contributed by atoms with E-state index in [2.05, 4.69) is 10.6 Å². The number of carboxylic acid groups (broad SMARTS) is 1. The van der Waals surface area contributed by atoms with Crippen LogP contribution in [0.4, 0.5) is 28.0 Å². The van der Waals surface area contributed by atoms with Crippen LogP contribution in [-0.2, 0) is 10.0 Å². The van der Waals surface area contributed by atoms with Gasteiger partial charge in [0.15, 0.2) is 17.5 Å². The molecule has 1 saturated heterocycles. The van der Waals surface area contributed by atoms with E-state index >= 15 is 0 Å². The molecular weight excluding hydrogens is 446 g/mol. The maximum atomic E-state index is 14.3. The molecule has 2 aromatic carbocycles. The summed E-state index contributed by atoms with van der Waals surface area (Å²) in [6.45, 7) is -0.296. The minimum absolute atomic E-state index is 0.0721. The maximum Gasteiger partial charge on any atom is 0.404 e. The Morgan fingerprint density at radius 2 is 1.68 bits per heavy atom. The highest BCUT2D eigenvalue weighted by Crippen LogP contribution is 2.25. The molecular formula is C18H15F4N3O5S. The van der Waals surface area contributed by atoms with Gasteiger partial charge in [0, 0.05) is 42.5 Å². The monoisotopic (exact) mass is 461 g/mol. The van der Waals surface area contributed by atoms with E-state index in [-0.39, 0.29) is 25.1 Å². The van der Waals surface area contributed by atoms with E-state index in [1.54, 1.807) is 0 Å². The van der Waals surface area contributed by atoms with Crippen molar-refractivity contribution >= 4 is 27.7 Å². The molecule has 1 heterocycles. The van der Waals surface area contributed by atoms with Crippen LogP contribution in [0, 0.1) is 23.3 Å². The number of nitrogens with zero attached hydrogens (tertiary/aromatic N) is 1. The predicted molar refractivity (Wildman–Crippen MR) is 99.0 cm³/mol. The number of nitrogens with one attached hydrogen (secondary N) is 2. The summed E-state index contributed by atoms with van der Waals surface area (Å²) < 4.78 is 80.4. The number of hydrogen-bond donors (Lipinski definition) is 3. The first kappa shape index (κ1) is 22.5. The minimum Gasteiger partial charge on any atom is -0.465 e. The smallest absolute Gasteiger partial charge is 0.404 e. The Labute approximate surface area is 173 Å². The number of carbonyl (C=O) groups excluding carboxylic acids is 1. The second-order valence-corrected chi connectivity index (χ2v) is 8.56. The molecule has 2 aromatic rings. The number of sulfonamides is 1. The Morgan fingerprint density at radius 3 is 2.29 bits per heavy atom. The highest BCUT2D eigenvalue weighted by molar-refractivity contribution is 7.89. The number of halogens is 4. The molecule has 3 N–H and O–H groups in total. The maximum absolute atomic E-state index is 14.3. The van der Waals surface area contributed by atoms with E-state index in [0.717, 1.165) is 22.5 Å². The number of anilines is 1. The first-order valence-corrected chi connectivity index (χ1v) is 10.2. The summed E-state index contributed by atoms with van der Waals surface area (Å²) in [6.07, 6.45) is -1.16. The molecule has 31 heavy (non-hydrogen) atoms. The van der Waals surface area contributed by atoms with Crippen LogP contribution in [-0.4, -0.2) is 49.0 Å². The Morgan fingerprint density at radius 1 is 1.03 bits per heavy atom. The third-order valence-corrected chi connectivity index (χ3v) is 6.41. The van der Waals surface area contributed by atoms with Crippen LogP contribution in [0.1, 0.15) is 16.8 Å². The van der Waals surface area contributed by atoms with Gasteiger partial charge in [0.05, 0.1) is 0 Å². The third kappa shape index (κ3) is 4.77. The lowest BCUT2D eigenvalue weighted by Crippen LogP contribution is -2.37. The summed E-state index contributed by atoms with van der Waals surface area (Å²) in [5, 5.41) is 13.0. The normalized spacial score (nSPS) is 16.8. The topological polar surface area (TPSA) is 116 Å². The molecule has 0 aliphatic carbocycles. The van der Waals surface area contributed by atoms with Crippen LogP contribution in [0.25, 0.3) is 0 Å². The fourth-order valence-corrected chi connectivity index (χ4v) is 4.64. The predicted octanol–water partition coefficient (Wildman–Crippen LogP) is 2.53. The summed E-state index contributed by atoms with van der Waals surface area (Å²) in [5.41, 5.74) is -0.776. The lowest BCUT2D eigenvalue weighted by atomic mass is 10.2. The lowest BCUT2D eigenvalue weighted by Gasteiger charge is -2.17. The molecule has 0 radical (unpaired) electrons. The van der Waals surface area contributed by atoms with Crippen molar-refractivity contribution in [2.45, 2.75) is 17.4 Å². The van der Waals surface area contributed by atoms with Crippen LogP contribution in [0.2, 0.25) is 0 Å². The summed E-state index contributed by atoms with van der Waals surface area (Å²) in [6, 6.07) is 2.81. The molecule has 0 spiro atoms. The Bertz CT molecular complexity index is 1140. The highest BCUT2D eigenvalue weighted by atomic mass is 32.2. The summed E-state index contributed by atoms with van der Waals surface area (Å²) in [4.78, 5) is 22.2. The molecule has 1 aliphatic rings. The van der Waals surface area contributed by atoms with E-state index in [1.807, 2.05) is 0 Å². The molecule has 13 heteroatoms. The van der Waals surface area contributed by atoms with Crippen molar-refractivity contribution in [1.82, 2.24) is 9.62 Å². The number of hydrogen-bond acceptors (Lipinski definition) is 4. The molecule has 3 rings (SSSR count). The zero-order valence-electron chi connectivity index (χ0n) is 15.5. The van der Waals surface area contributed by atoms with Gasteiger partial charge >= 0.3 is 6.09 Å². The summed E-state index contributed by atoms with van der Waals surface area (Å²) in [7, 11) is -4.41. The zero-order valence-corrected chi connectivity index (χ0v) is 16.3. The van der Waals surface area contributed by atoms with Crippen molar-refractivity contribution in [2.75, 3.05) is 18.4 Å². The minimum atomic E-state index is -4.41. The number of carbonyl (C=O) groups is 2. The fraction of sp³-hybridized carbons (Fsp3) is 0.222. The van der Waals surface area contributed by atoms with E-state index in [1.165, 1.54) is 0 Å². The van der Waals surface area contributed by atoms with E-state index in [4.69, 9.17) is 5.11 Å². The molecule has 1 unspecified atom stereocenters. The van der Waals surface area contributed by atoms with Gasteiger partial charge in [-0.3, -0.25) is 4.79 Å². The standard InChI is InChI=1S/C18H15F4N3O5S/c19-12-2-1-9(17(26)23-11-6-13(20)16(22)14(21)7-11)5-15(12)31(29,30)25-4-3-10(8-25)24-18(27)28/h1-2,5-7,10,24H,3-4,8H2,(H,23,26)(H,27,28). The van der Waals surface area contributed by atoms with Crippen molar-refractivity contribution in [3.05, 3.63) is 59.2 Å². The van der Waals surface area contributed by atoms with E-state index < -0.39 is 61.9 Å². The number of rotatable bonds is 5. The van der Waals surface area contributed by atoms with Gasteiger partial charge in [-0.25, -0.2) is 30.8 Å². The lowest BCUT2D eigenvalue weighted by molar-refractivity contribution is 0.102. The number of benzene rings is 2. The van der Waals surface area contributed by atoms with Gasteiger partial charge in [0.25, 0.3) is 5.91 Å². The van der Waals surface area contributed by atoms with Gasteiger partial charge in [0.2, 0.25) is 10.0 Å². The highest BCUT2D eigenvalue weighted by Gasteiger charge is 2.35. The molecule has 1 aliphatic heterocycles. The summed E-state index contributed by atoms with van der Waals surface area (Å²) >= 11 is 0. The molecule has 0 aromatic heterocycles. The van der Waals surface area contributed by atoms with Crippen LogP contribution in [0.3, 0.4) is 0 Å². The van der Waals surface area contributed by atoms with Crippen LogP contribution in [0.15, 0.2) is 35.2 Å². The van der Waals surface area contributed by atoms with E-state index in [0.29, 0.717) is 12.1 Å². The molecule has 0 saturated carbocycles. The van der Waals surface area contributed by atoms with Gasteiger partial charge in [-0.05, 0) is 24.6 Å². The molecule has 0 bridgehead atoms. The number of amides is 2. The van der Waals surface area contributed by atoms with Crippen molar-refractivity contribution in [3.63, 3.8) is 0 Å². The second kappa shape index (κ2) is 8.51. The Hall–Kier alpha value is -3.19. The molecule has 1 atom stereocenters. The van der Waals surface area contributed by atoms with Gasteiger partial charge < -0.3 is 15.7 Å². The average Bonchev–Trinajstić information content (AvgIpc) is 3.14. The van der Waals surface area contributed by atoms with Gasteiger partial charge in [-0.2, -0.15) is 4.31 Å². The molecule has 8 nitrogen and oxygen atoms in total. The van der Waals surface area contributed by atoms with E-state index in [9.17, 15) is 35.6 Å². The quantitative estimate of drug-likeness (QED) is 0.468. The molecule has 2 amide bonds. The second-order valence-electron chi connectivity index (χ2n) is 6.65. The Kier molecular flexibility index (Phi) is 6.18. The van der Waals surface area contributed by atoms with Crippen LogP contribution < -0.4 is 10.6 Å². The molecule has 166 valence electrons. The fourth-order valence-electron chi connectivity index (χ4n) is 3.05. The SMILES string of the molecule is O=C(O)NC1CCN(S(=O)(=O)c2cc(C(=O)Nc3cc(F)c(F)c(F)c3)ccc2F)C1. The third-order valence-electron chi connectivity index (χ3n) is 4.53. The first-order valence-electron chi connectivity index (χ1n) is 8.74. The van der Waals surface area contributed by atoms with Crippen LogP contribution in [0.5, 0.6) is 0 Å². The van der Waals surface area contributed by atoms with Crippen molar-refractivity contribution in [2.24, 2.45) is 0 Å². The largest absolute Gasteiger partial charge is 0.465 e. The van der Waals surface area contributed by atoms with Gasteiger partial charge in [-0.1, -0.05) is 0 Å². The van der Waals surface area contributed by atoms with Crippen LogP contribution >= 0.6 is 0 Å². The molecule has 1 fully saturated rings. The zero-order chi connectivity index (χ0) is 22.9. The van der Waals surface area contributed by atoms with Crippen molar-refractivity contribution in [1.29, 1.82) is 0 Å². The summed E-state index contributed by atoms with van der Waals surface area (Å²) in [5.74, 6) is -6.99.